The van der Waals surface area contributed by atoms with E-state index in [0.29, 0.717) is 23.9 Å². The molecule has 0 aromatic rings. The third-order valence-electron chi connectivity index (χ3n) is 6.42. The van der Waals surface area contributed by atoms with E-state index in [1.807, 2.05) is 0 Å². The molecule has 4 rings (SSSR count). The summed E-state index contributed by atoms with van der Waals surface area (Å²) >= 11 is 12.6. The van der Waals surface area contributed by atoms with Crippen molar-refractivity contribution < 1.29 is 24.1 Å². The number of cyclic esters (lactones) is 1. The lowest BCUT2D eigenvalue weighted by Crippen LogP contribution is -2.44. The highest BCUT2D eigenvalue weighted by molar-refractivity contribution is 6.19. The molecule has 4 fully saturated rings. The largest absolute Gasteiger partial charge is 0.462 e. The predicted molar refractivity (Wildman–Crippen MR) is 102 cm³/mol. The Balaban J connectivity index is 1.66. The minimum Gasteiger partial charge on any atom is -0.462 e. The Kier molecular flexibility index (Phi) is 4.92. The fourth-order valence-corrected chi connectivity index (χ4v) is 5.48. The van der Waals surface area contributed by atoms with Gasteiger partial charge in [0.1, 0.15) is 11.2 Å². The number of rotatable bonds is 4. The number of halogens is 2. The van der Waals surface area contributed by atoms with Gasteiger partial charge in [-0.15, -0.1) is 23.2 Å². The maximum Gasteiger partial charge on any atom is 0.334 e. The number of alkyl halides is 2. The number of carbonyl (C=O) groups excluding carboxylic acids is 1. The quantitative estimate of drug-likeness (QED) is 0.330. The summed E-state index contributed by atoms with van der Waals surface area (Å²) < 4.78 is 17.5. The van der Waals surface area contributed by atoms with E-state index in [2.05, 4.69) is 0 Å². The highest BCUT2D eigenvalue weighted by Gasteiger charge is 2.69. The Labute approximate surface area is 169 Å². The van der Waals surface area contributed by atoms with Crippen molar-refractivity contribution in [1.29, 1.82) is 0 Å². The van der Waals surface area contributed by atoms with Crippen LogP contribution >= 0.6 is 23.2 Å². The molecule has 3 saturated heterocycles. The summed E-state index contributed by atoms with van der Waals surface area (Å²) in [7, 11) is 0. The molecule has 4 aliphatic rings. The van der Waals surface area contributed by atoms with E-state index in [9.17, 15) is 9.90 Å². The first-order chi connectivity index (χ1) is 12.7. The minimum atomic E-state index is -0.951. The molecule has 150 valence electrons. The Morgan fingerprint density at radius 2 is 2.04 bits per heavy atom. The molecule has 0 radical (unpaired) electrons. The molecule has 3 heterocycles. The Morgan fingerprint density at radius 3 is 2.70 bits per heavy atom. The van der Waals surface area contributed by atoms with Crippen LogP contribution in [0.3, 0.4) is 0 Å². The Bertz CT molecular complexity index is 684. The number of carbonyl (C=O) groups is 1. The van der Waals surface area contributed by atoms with Crippen molar-refractivity contribution >= 4 is 29.2 Å². The first-order valence-corrected chi connectivity index (χ1v) is 10.6. The van der Waals surface area contributed by atoms with Crippen LogP contribution in [0.5, 0.6) is 0 Å². The van der Waals surface area contributed by atoms with Crippen molar-refractivity contribution in [2.24, 2.45) is 11.8 Å². The number of allylic oxidation sites excluding steroid dienone is 2. The first-order valence-electron chi connectivity index (χ1n) is 9.51. The van der Waals surface area contributed by atoms with Gasteiger partial charge in [0.05, 0.1) is 36.2 Å². The number of hydrogen-bond acceptors (Lipinski definition) is 5. The SMILES string of the molecule is CC(C)(O)/C=C/C=C1\C(=O)OCC2C1CCC1(CCl)OC1CC1OC12CCl. The molecule has 1 saturated carbocycles. The van der Waals surface area contributed by atoms with Gasteiger partial charge in [-0.25, -0.2) is 4.79 Å². The van der Waals surface area contributed by atoms with E-state index in [0.717, 1.165) is 19.3 Å². The summed E-state index contributed by atoms with van der Waals surface area (Å²) in [6, 6.07) is 0. The highest BCUT2D eigenvalue weighted by Crippen LogP contribution is 2.58. The van der Waals surface area contributed by atoms with Crippen LogP contribution in [-0.4, -0.2) is 58.5 Å². The van der Waals surface area contributed by atoms with E-state index in [1.165, 1.54) is 0 Å². The fourth-order valence-electron chi connectivity index (χ4n) is 4.68. The summed E-state index contributed by atoms with van der Waals surface area (Å²) in [6.07, 6.45) is 7.59. The molecule has 0 spiro atoms. The molecular weight excluding hydrogens is 391 g/mol. The molecule has 6 unspecified atom stereocenters. The second-order valence-corrected chi connectivity index (χ2v) is 9.26. The van der Waals surface area contributed by atoms with Crippen molar-refractivity contribution in [1.82, 2.24) is 0 Å². The second kappa shape index (κ2) is 6.74. The minimum absolute atomic E-state index is 0.0145. The lowest BCUT2D eigenvalue weighted by Gasteiger charge is -2.36. The van der Waals surface area contributed by atoms with Crippen LogP contribution in [0.4, 0.5) is 0 Å². The van der Waals surface area contributed by atoms with Gasteiger partial charge in [0.25, 0.3) is 0 Å². The van der Waals surface area contributed by atoms with Gasteiger partial charge >= 0.3 is 5.97 Å². The van der Waals surface area contributed by atoms with Gasteiger partial charge in [-0.3, -0.25) is 0 Å². The standard InChI is InChI=1S/C20H26Cl2O5/c1-18(2,24)6-3-4-13-12-5-7-19(10-21)15(26-19)8-16-20(11-22,27-16)14(12)9-25-17(13)23/h3-4,6,12,14-16,24H,5,7-11H2,1-2H3/b6-3+,13-4-. The summed E-state index contributed by atoms with van der Waals surface area (Å²) in [5.41, 5.74) is -1.13. The van der Waals surface area contributed by atoms with Gasteiger partial charge in [-0.1, -0.05) is 18.2 Å². The number of aliphatic hydroxyl groups is 1. The number of fused-ring (bicyclic) bond motifs is 4. The van der Waals surface area contributed by atoms with Gasteiger partial charge < -0.3 is 19.3 Å². The zero-order chi connectivity index (χ0) is 19.4. The summed E-state index contributed by atoms with van der Waals surface area (Å²) in [6.45, 7) is 3.69. The molecule has 3 aliphatic heterocycles. The van der Waals surface area contributed by atoms with Gasteiger partial charge in [0.2, 0.25) is 0 Å². The van der Waals surface area contributed by atoms with Crippen molar-refractivity contribution in [3.63, 3.8) is 0 Å². The van der Waals surface area contributed by atoms with Crippen LogP contribution in [0.25, 0.3) is 0 Å². The average Bonchev–Trinajstić information content (AvgIpc) is 3.50. The maximum atomic E-state index is 12.5. The summed E-state index contributed by atoms with van der Waals surface area (Å²) in [4.78, 5) is 12.5. The van der Waals surface area contributed by atoms with Crippen molar-refractivity contribution in [3.05, 3.63) is 23.8 Å². The molecule has 7 heteroatoms. The van der Waals surface area contributed by atoms with E-state index < -0.39 is 11.2 Å². The number of hydrogen-bond donors (Lipinski definition) is 1. The molecule has 1 aliphatic carbocycles. The lowest BCUT2D eigenvalue weighted by atomic mass is 9.73. The average molecular weight is 417 g/mol. The molecule has 27 heavy (non-hydrogen) atoms. The first kappa shape index (κ1) is 19.7. The number of esters is 1. The zero-order valence-corrected chi connectivity index (χ0v) is 17.1. The maximum absolute atomic E-state index is 12.5. The monoisotopic (exact) mass is 416 g/mol. The summed E-state index contributed by atoms with van der Waals surface area (Å²) in [5.74, 6) is 0.474. The lowest BCUT2D eigenvalue weighted by molar-refractivity contribution is -0.147. The Morgan fingerprint density at radius 1 is 1.26 bits per heavy atom. The van der Waals surface area contributed by atoms with Crippen LogP contribution in [0.1, 0.15) is 33.1 Å². The van der Waals surface area contributed by atoms with Gasteiger partial charge in [-0.05, 0) is 26.7 Å². The van der Waals surface area contributed by atoms with E-state index in [-0.39, 0.29) is 35.6 Å². The molecule has 0 aromatic carbocycles. The smallest absolute Gasteiger partial charge is 0.334 e. The van der Waals surface area contributed by atoms with E-state index >= 15 is 0 Å². The van der Waals surface area contributed by atoms with E-state index in [4.69, 9.17) is 37.4 Å². The number of epoxide rings is 2. The normalized spacial score (nSPS) is 45.2. The van der Waals surface area contributed by atoms with Crippen LogP contribution in [0, 0.1) is 11.8 Å². The van der Waals surface area contributed by atoms with E-state index in [1.54, 1.807) is 32.1 Å². The zero-order valence-electron chi connectivity index (χ0n) is 15.6. The third-order valence-corrected chi connectivity index (χ3v) is 7.29. The van der Waals surface area contributed by atoms with Gasteiger partial charge in [-0.2, -0.15) is 0 Å². The van der Waals surface area contributed by atoms with Crippen molar-refractivity contribution in [2.45, 2.75) is 62.1 Å². The molecular formula is C20H26Cl2O5. The molecule has 5 nitrogen and oxygen atoms in total. The second-order valence-electron chi connectivity index (χ2n) is 8.72. The molecule has 0 amide bonds. The Hall–Kier alpha value is -0.590. The predicted octanol–water partition coefficient (Wildman–Crippen LogP) is 2.97. The fraction of sp³-hybridized carbons (Fsp3) is 0.750. The topological polar surface area (TPSA) is 71.6 Å². The van der Waals surface area contributed by atoms with Crippen molar-refractivity contribution in [2.75, 3.05) is 18.4 Å². The molecule has 0 bridgehead atoms. The van der Waals surface area contributed by atoms with Crippen molar-refractivity contribution in [3.8, 4) is 0 Å². The molecule has 0 aromatic heterocycles. The van der Waals surface area contributed by atoms with Crippen LogP contribution in [0.2, 0.25) is 0 Å². The van der Waals surface area contributed by atoms with Crippen LogP contribution < -0.4 is 0 Å². The highest BCUT2D eigenvalue weighted by atomic mass is 35.5. The molecule has 6 atom stereocenters. The van der Waals surface area contributed by atoms with Crippen LogP contribution in [-0.2, 0) is 19.0 Å². The van der Waals surface area contributed by atoms with Gasteiger partial charge in [0, 0.05) is 23.8 Å². The molecule has 1 N–H and O–H groups in total. The summed E-state index contributed by atoms with van der Waals surface area (Å²) in [5, 5.41) is 9.90. The number of ether oxygens (including phenoxy) is 3. The van der Waals surface area contributed by atoms with Gasteiger partial charge in [0.15, 0.2) is 0 Å². The van der Waals surface area contributed by atoms with Crippen LogP contribution in [0.15, 0.2) is 23.8 Å². The third kappa shape index (κ3) is 3.46.